The summed E-state index contributed by atoms with van der Waals surface area (Å²) in [5, 5.41) is 2.90. The third kappa shape index (κ3) is 5.68. The molecule has 4 nitrogen and oxygen atoms in total. The lowest BCUT2D eigenvalue weighted by Crippen LogP contribution is -2.31. The molecule has 0 atom stereocenters. The molecular formula is C14H22N2O2. The Kier molecular flexibility index (Phi) is 6.22. The molecule has 0 fully saturated rings. The molecule has 18 heavy (non-hydrogen) atoms. The van der Waals surface area contributed by atoms with E-state index in [1.807, 2.05) is 43.3 Å². The number of ether oxygens (including phenoxy) is 1. The lowest BCUT2D eigenvalue weighted by molar-refractivity contribution is -0.121. The number of carbonyl (C=O) groups is 1. The average molecular weight is 250 g/mol. The molecule has 1 rings (SSSR count). The summed E-state index contributed by atoms with van der Waals surface area (Å²) in [7, 11) is 5.62. The van der Waals surface area contributed by atoms with Gasteiger partial charge >= 0.3 is 0 Å². The number of aryl methyl sites for hydroxylation is 1. The van der Waals surface area contributed by atoms with Gasteiger partial charge in [0, 0.05) is 19.5 Å². The van der Waals surface area contributed by atoms with Crippen LogP contribution in [0.1, 0.15) is 12.0 Å². The molecule has 1 amide bonds. The number of carbonyl (C=O) groups excluding carboxylic acids is 1. The molecule has 100 valence electrons. The number of rotatable bonds is 7. The van der Waals surface area contributed by atoms with Gasteiger partial charge in [-0.05, 0) is 38.2 Å². The highest BCUT2D eigenvalue weighted by atomic mass is 16.5. The smallest absolute Gasteiger partial charge is 0.220 e. The third-order valence-electron chi connectivity index (χ3n) is 2.66. The Hall–Kier alpha value is -1.55. The van der Waals surface area contributed by atoms with Crippen LogP contribution in [-0.4, -0.2) is 45.1 Å². The molecule has 0 bridgehead atoms. The Morgan fingerprint density at radius 2 is 2.17 bits per heavy atom. The van der Waals surface area contributed by atoms with Crippen LogP contribution >= 0.6 is 0 Å². The van der Waals surface area contributed by atoms with Gasteiger partial charge in [0.1, 0.15) is 5.75 Å². The molecular weight excluding hydrogens is 228 g/mol. The molecule has 0 saturated carbocycles. The van der Waals surface area contributed by atoms with E-state index in [9.17, 15) is 4.79 Å². The molecule has 0 aliphatic carbocycles. The second kappa shape index (κ2) is 7.71. The van der Waals surface area contributed by atoms with Crippen molar-refractivity contribution in [2.75, 3.05) is 34.3 Å². The number of hydrogen-bond donors (Lipinski definition) is 1. The highest BCUT2D eigenvalue weighted by Gasteiger charge is 2.02. The minimum absolute atomic E-state index is 0.0969. The predicted octanol–water partition coefficient (Wildman–Crippen LogP) is 1.31. The Morgan fingerprint density at radius 3 is 2.83 bits per heavy atom. The number of benzene rings is 1. The Labute approximate surface area is 109 Å². The lowest BCUT2D eigenvalue weighted by Gasteiger charge is -2.10. The fraction of sp³-hybridized carbons (Fsp3) is 0.500. The SMILES string of the molecule is COc1cccc(CCC(=O)NCCN(C)C)c1. The Bertz CT molecular complexity index is 378. The van der Waals surface area contributed by atoms with Crippen LogP contribution in [0.15, 0.2) is 24.3 Å². The summed E-state index contributed by atoms with van der Waals surface area (Å²) in [5.41, 5.74) is 1.12. The van der Waals surface area contributed by atoms with Gasteiger partial charge in [-0.15, -0.1) is 0 Å². The molecule has 0 aliphatic heterocycles. The summed E-state index contributed by atoms with van der Waals surface area (Å²) in [5.74, 6) is 0.931. The number of nitrogens with one attached hydrogen (secondary N) is 1. The van der Waals surface area contributed by atoms with E-state index in [4.69, 9.17) is 4.74 Å². The van der Waals surface area contributed by atoms with Crippen molar-refractivity contribution in [3.05, 3.63) is 29.8 Å². The van der Waals surface area contributed by atoms with E-state index in [1.165, 1.54) is 0 Å². The molecule has 1 aromatic rings. The van der Waals surface area contributed by atoms with Gasteiger partial charge in [-0.1, -0.05) is 12.1 Å². The maximum atomic E-state index is 11.6. The summed E-state index contributed by atoms with van der Waals surface area (Å²) in [4.78, 5) is 13.6. The molecule has 0 heterocycles. The molecule has 1 aromatic carbocycles. The zero-order chi connectivity index (χ0) is 13.4. The fourth-order valence-electron chi connectivity index (χ4n) is 1.59. The van der Waals surface area contributed by atoms with Crippen molar-refractivity contribution in [3.8, 4) is 5.75 Å². The summed E-state index contributed by atoms with van der Waals surface area (Å²) < 4.78 is 5.15. The van der Waals surface area contributed by atoms with Crippen molar-refractivity contribution in [2.45, 2.75) is 12.8 Å². The van der Waals surface area contributed by atoms with Crippen molar-refractivity contribution in [1.82, 2.24) is 10.2 Å². The van der Waals surface area contributed by atoms with Crippen LogP contribution in [0.3, 0.4) is 0 Å². The number of amides is 1. The van der Waals surface area contributed by atoms with E-state index in [1.54, 1.807) is 7.11 Å². The zero-order valence-corrected chi connectivity index (χ0v) is 11.4. The summed E-state index contributed by atoms with van der Waals surface area (Å²) in [6, 6.07) is 7.82. The largest absolute Gasteiger partial charge is 0.497 e. The zero-order valence-electron chi connectivity index (χ0n) is 11.4. The van der Waals surface area contributed by atoms with Crippen LogP contribution in [0.25, 0.3) is 0 Å². The number of nitrogens with zero attached hydrogens (tertiary/aromatic N) is 1. The van der Waals surface area contributed by atoms with E-state index in [0.29, 0.717) is 13.0 Å². The van der Waals surface area contributed by atoms with Gasteiger partial charge in [-0.2, -0.15) is 0 Å². The summed E-state index contributed by atoms with van der Waals surface area (Å²) in [6.07, 6.45) is 1.26. The second-order valence-corrected chi connectivity index (χ2v) is 4.50. The van der Waals surface area contributed by atoms with Gasteiger partial charge < -0.3 is 15.0 Å². The average Bonchev–Trinajstić information content (AvgIpc) is 2.36. The summed E-state index contributed by atoms with van der Waals surface area (Å²) in [6.45, 7) is 1.56. The van der Waals surface area contributed by atoms with Crippen molar-refractivity contribution < 1.29 is 9.53 Å². The van der Waals surface area contributed by atoms with Gasteiger partial charge in [-0.25, -0.2) is 0 Å². The highest BCUT2D eigenvalue weighted by molar-refractivity contribution is 5.76. The molecule has 4 heteroatoms. The minimum atomic E-state index is 0.0969. The quantitative estimate of drug-likeness (QED) is 0.793. The number of methoxy groups -OCH3 is 1. The number of likely N-dealkylation sites (N-methyl/N-ethyl adjacent to an activating group) is 1. The third-order valence-corrected chi connectivity index (χ3v) is 2.66. The van der Waals surface area contributed by atoms with Crippen LogP contribution in [0.2, 0.25) is 0 Å². The first kappa shape index (κ1) is 14.5. The van der Waals surface area contributed by atoms with Gasteiger partial charge in [0.25, 0.3) is 0 Å². The second-order valence-electron chi connectivity index (χ2n) is 4.50. The van der Waals surface area contributed by atoms with Gasteiger partial charge in [0.2, 0.25) is 5.91 Å². The molecule has 0 aromatic heterocycles. The highest BCUT2D eigenvalue weighted by Crippen LogP contribution is 2.13. The van der Waals surface area contributed by atoms with Crippen LogP contribution < -0.4 is 10.1 Å². The van der Waals surface area contributed by atoms with Crippen LogP contribution in [0, 0.1) is 0 Å². The van der Waals surface area contributed by atoms with E-state index in [-0.39, 0.29) is 5.91 Å². The molecule has 0 spiro atoms. The molecule has 0 radical (unpaired) electrons. The summed E-state index contributed by atoms with van der Waals surface area (Å²) >= 11 is 0. The normalized spacial score (nSPS) is 10.4. The first-order valence-corrected chi connectivity index (χ1v) is 6.16. The van der Waals surface area contributed by atoms with Crippen LogP contribution in [0.5, 0.6) is 5.75 Å². The van der Waals surface area contributed by atoms with E-state index < -0.39 is 0 Å². The predicted molar refractivity (Wildman–Crippen MR) is 72.9 cm³/mol. The maximum Gasteiger partial charge on any atom is 0.220 e. The fourth-order valence-corrected chi connectivity index (χ4v) is 1.59. The number of hydrogen-bond acceptors (Lipinski definition) is 3. The Morgan fingerprint density at radius 1 is 1.39 bits per heavy atom. The molecule has 0 aliphatic rings. The van der Waals surface area contributed by atoms with Crippen LogP contribution in [0.4, 0.5) is 0 Å². The van der Waals surface area contributed by atoms with E-state index in [0.717, 1.165) is 24.3 Å². The monoisotopic (exact) mass is 250 g/mol. The van der Waals surface area contributed by atoms with E-state index in [2.05, 4.69) is 5.32 Å². The lowest BCUT2D eigenvalue weighted by atomic mass is 10.1. The van der Waals surface area contributed by atoms with Gasteiger partial charge in [-0.3, -0.25) is 4.79 Å². The standard InChI is InChI=1S/C14H22N2O2/c1-16(2)10-9-15-14(17)8-7-12-5-4-6-13(11-12)18-3/h4-6,11H,7-10H2,1-3H3,(H,15,17). The maximum absolute atomic E-state index is 11.6. The minimum Gasteiger partial charge on any atom is -0.497 e. The van der Waals surface area contributed by atoms with Crippen molar-refractivity contribution in [2.24, 2.45) is 0 Å². The van der Waals surface area contributed by atoms with Crippen LogP contribution in [-0.2, 0) is 11.2 Å². The molecule has 0 saturated heterocycles. The van der Waals surface area contributed by atoms with Crippen molar-refractivity contribution >= 4 is 5.91 Å². The van der Waals surface area contributed by atoms with Crippen molar-refractivity contribution in [1.29, 1.82) is 0 Å². The topological polar surface area (TPSA) is 41.6 Å². The first-order valence-electron chi connectivity index (χ1n) is 6.16. The Balaban J connectivity index is 2.29. The molecule has 1 N–H and O–H groups in total. The van der Waals surface area contributed by atoms with Crippen molar-refractivity contribution in [3.63, 3.8) is 0 Å². The molecule has 0 unspecified atom stereocenters. The van der Waals surface area contributed by atoms with E-state index >= 15 is 0 Å². The first-order chi connectivity index (χ1) is 8.61. The van der Waals surface area contributed by atoms with Gasteiger partial charge in [0.05, 0.1) is 7.11 Å². The van der Waals surface area contributed by atoms with Gasteiger partial charge in [0.15, 0.2) is 0 Å².